The third-order valence-corrected chi connectivity index (χ3v) is 3.14. The van der Waals surface area contributed by atoms with Gasteiger partial charge in [0.1, 0.15) is 5.38 Å². The van der Waals surface area contributed by atoms with E-state index in [1.54, 1.807) is 18.9 Å². The van der Waals surface area contributed by atoms with Gasteiger partial charge in [0, 0.05) is 13.6 Å². The van der Waals surface area contributed by atoms with Crippen LogP contribution in [-0.2, 0) is 11.3 Å². The molecule has 0 aliphatic heterocycles. The molecule has 2 nitrogen and oxygen atoms in total. The van der Waals surface area contributed by atoms with Crippen molar-refractivity contribution in [3.63, 3.8) is 0 Å². The molecule has 1 amide bonds. The van der Waals surface area contributed by atoms with Crippen molar-refractivity contribution in [1.82, 2.24) is 4.90 Å². The molecule has 1 unspecified atom stereocenters. The van der Waals surface area contributed by atoms with Crippen molar-refractivity contribution in [3.8, 4) is 0 Å². The molecule has 0 bridgehead atoms. The number of nitrogens with zero attached hydrogens (tertiary/aromatic N) is 1. The van der Waals surface area contributed by atoms with Crippen LogP contribution in [-0.4, -0.2) is 23.2 Å². The first-order chi connectivity index (χ1) is 8.58. The van der Waals surface area contributed by atoms with Crippen LogP contribution in [0.5, 0.6) is 0 Å². The lowest BCUT2D eigenvalue weighted by molar-refractivity contribution is -0.129. The van der Waals surface area contributed by atoms with Gasteiger partial charge in [0.15, 0.2) is 0 Å². The normalized spacial score (nSPS) is 12.4. The van der Waals surface area contributed by atoms with Gasteiger partial charge in [0.2, 0.25) is 5.91 Å². The maximum Gasteiger partial charge on any atom is 0.240 e. The molecule has 0 N–H and O–H groups in total. The van der Waals surface area contributed by atoms with Crippen LogP contribution in [0.4, 0.5) is 0 Å². The summed E-state index contributed by atoms with van der Waals surface area (Å²) in [5.74, 6) is -0.0511. The largest absolute Gasteiger partial charge is 0.340 e. The predicted molar refractivity (Wildman–Crippen MR) is 75.7 cm³/mol. The highest BCUT2D eigenvalue weighted by Gasteiger charge is 2.14. The van der Waals surface area contributed by atoms with E-state index in [1.807, 2.05) is 18.2 Å². The second-order valence-corrected chi connectivity index (χ2v) is 5.15. The number of carbonyl (C=O) groups excluding carboxylic acids is 1. The number of halogens is 1. The van der Waals surface area contributed by atoms with Crippen LogP contribution in [0.3, 0.4) is 0 Å². The van der Waals surface area contributed by atoms with Gasteiger partial charge in [0.05, 0.1) is 0 Å². The highest BCUT2D eigenvalue weighted by atomic mass is 35.5. The summed E-state index contributed by atoms with van der Waals surface area (Å²) in [6.07, 6.45) is 0. The maximum atomic E-state index is 11.7. The molecule has 0 saturated carbocycles. The van der Waals surface area contributed by atoms with Crippen molar-refractivity contribution in [2.45, 2.75) is 18.8 Å². The second kappa shape index (κ2) is 5.40. The Bertz CT molecular complexity index is 565. The topological polar surface area (TPSA) is 20.3 Å². The Morgan fingerprint density at radius 3 is 2.56 bits per heavy atom. The lowest BCUT2D eigenvalue weighted by atomic mass is 10.1. The Balaban J connectivity index is 2.19. The fourth-order valence-electron chi connectivity index (χ4n) is 1.99. The van der Waals surface area contributed by atoms with E-state index in [2.05, 4.69) is 24.3 Å². The van der Waals surface area contributed by atoms with Gasteiger partial charge in [0.25, 0.3) is 0 Å². The quantitative estimate of drug-likeness (QED) is 0.776. The summed E-state index contributed by atoms with van der Waals surface area (Å²) in [7, 11) is 1.77. The summed E-state index contributed by atoms with van der Waals surface area (Å²) in [6, 6.07) is 14.4. The summed E-state index contributed by atoms with van der Waals surface area (Å²) >= 11 is 5.79. The molecule has 18 heavy (non-hydrogen) atoms. The van der Waals surface area contributed by atoms with E-state index in [9.17, 15) is 4.79 Å². The Kier molecular flexibility index (Phi) is 3.87. The molecule has 0 aromatic heterocycles. The molecule has 2 rings (SSSR count). The van der Waals surface area contributed by atoms with Crippen LogP contribution in [0.25, 0.3) is 10.8 Å². The van der Waals surface area contributed by atoms with Gasteiger partial charge in [-0.15, -0.1) is 11.6 Å². The first-order valence-corrected chi connectivity index (χ1v) is 6.38. The van der Waals surface area contributed by atoms with E-state index in [4.69, 9.17) is 11.6 Å². The molecule has 0 heterocycles. The van der Waals surface area contributed by atoms with Gasteiger partial charge in [-0.25, -0.2) is 0 Å². The number of hydrogen-bond donors (Lipinski definition) is 0. The summed E-state index contributed by atoms with van der Waals surface area (Å²) in [5, 5.41) is 1.92. The minimum atomic E-state index is -0.476. The van der Waals surface area contributed by atoms with Crippen LogP contribution < -0.4 is 0 Å². The molecule has 94 valence electrons. The standard InChI is InChI=1S/C15H16ClNO/c1-11(16)15(18)17(2)10-12-7-8-13-5-3-4-6-14(13)9-12/h3-9,11H,10H2,1-2H3. The Labute approximate surface area is 112 Å². The fraction of sp³-hybridized carbons (Fsp3) is 0.267. The smallest absolute Gasteiger partial charge is 0.240 e. The zero-order valence-corrected chi connectivity index (χ0v) is 11.3. The van der Waals surface area contributed by atoms with Crippen molar-refractivity contribution in [1.29, 1.82) is 0 Å². The number of hydrogen-bond acceptors (Lipinski definition) is 1. The van der Waals surface area contributed by atoms with Gasteiger partial charge in [-0.05, 0) is 29.3 Å². The van der Waals surface area contributed by atoms with E-state index in [0.29, 0.717) is 6.54 Å². The number of carbonyl (C=O) groups is 1. The Hall–Kier alpha value is -1.54. The van der Waals surface area contributed by atoms with E-state index in [0.717, 1.165) is 5.56 Å². The average molecular weight is 262 g/mol. The minimum Gasteiger partial charge on any atom is -0.340 e. The number of fused-ring (bicyclic) bond motifs is 1. The van der Waals surface area contributed by atoms with Gasteiger partial charge in [-0.3, -0.25) is 4.79 Å². The van der Waals surface area contributed by atoms with Gasteiger partial charge >= 0.3 is 0 Å². The average Bonchev–Trinajstić information content (AvgIpc) is 2.37. The first-order valence-electron chi connectivity index (χ1n) is 5.94. The summed E-state index contributed by atoms with van der Waals surface area (Å²) in [4.78, 5) is 13.4. The monoisotopic (exact) mass is 261 g/mol. The summed E-state index contributed by atoms with van der Waals surface area (Å²) < 4.78 is 0. The molecule has 0 aliphatic rings. The predicted octanol–water partition coefficient (Wildman–Crippen LogP) is 3.43. The molecular formula is C15H16ClNO. The van der Waals surface area contributed by atoms with E-state index in [-0.39, 0.29) is 5.91 Å². The zero-order valence-electron chi connectivity index (χ0n) is 10.6. The number of amides is 1. The molecule has 0 fully saturated rings. The molecule has 0 radical (unpaired) electrons. The lowest BCUT2D eigenvalue weighted by Crippen LogP contribution is -2.31. The lowest BCUT2D eigenvalue weighted by Gasteiger charge is -2.18. The van der Waals surface area contributed by atoms with Gasteiger partial charge in [-0.1, -0.05) is 36.4 Å². The number of rotatable bonds is 3. The fourth-order valence-corrected chi connectivity index (χ4v) is 2.16. The van der Waals surface area contributed by atoms with Crippen LogP contribution >= 0.6 is 11.6 Å². The number of benzene rings is 2. The van der Waals surface area contributed by atoms with Crippen molar-refractivity contribution in [2.24, 2.45) is 0 Å². The van der Waals surface area contributed by atoms with E-state index >= 15 is 0 Å². The van der Waals surface area contributed by atoms with Crippen LogP contribution in [0.2, 0.25) is 0 Å². The van der Waals surface area contributed by atoms with Crippen molar-refractivity contribution in [2.75, 3.05) is 7.05 Å². The molecular weight excluding hydrogens is 246 g/mol. The summed E-state index contributed by atoms with van der Waals surface area (Å²) in [5.41, 5.74) is 1.11. The summed E-state index contributed by atoms with van der Waals surface area (Å²) in [6.45, 7) is 2.28. The highest BCUT2D eigenvalue weighted by molar-refractivity contribution is 6.30. The van der Waals surface area contributed by atoms with Gasteiger partial charge < -0.3 is 4.90 Å². The molecule has 2 aromatic carbocycles. The molecule has 1 atom stereocenters. The molecule has 0 saturated heterocycles. The van der Waals surface area contributed by atoms with Crippen molar-refractivity contribution < 1.29 is 4.79 Å². The molecule has 0 spiro atoms. The van der Waals surface area contributed by atoms with E-state index in [1.165, 1.54) is 10.8 Å². The second-order valence-electron chi connectivity index (χ2n) is 4.49. The Morgan fingerprint density at radius 2 is 1.89 bits per heavy atom. The first kappa shape index (κ1) is 12.9. The number of alkyl halides is 1. The van der Waals surface area contributed by atoms with Crippen molar-refractivity contribution in [3.05, 3.63) is 48.0 Å². The SMILES string of the molecule is CC(Cl)C(=O)N(C)Cc1ccc2ccccc2c1. The minimum absolute atomic E-state index is 0.0511. The van der Waals surface area contributed by atoms with Crippen LogP contribution in [0, 0.1) is 0 Å². The van der Waals surface area contributed by atoms with E-state index < -0.39 is 5.38 Å². The van der Waals surface area contributed by atoms with Crippen molar-refractivity contribution >= 4 is 28.3 Å². The highest BCUT2D eigenvalue weighted by Crippen LogP contribution is 2.17. The molecule has 3 heteroatoms. The maximum absolute atomic E-state index is 11.7. The van der Waals surface area contributed by atoms with Crippen LogP contribution in [0.15, 0.2) is 42.5 Å². The zero-order chi connectivity index (χ0) is 13.1. The molecule has 2 aromatic rings. The van der Waals surface area contributed by atoms with Gasteiger partial charge in [-0.2, -0.15) is 0 Å². The third-order valence-electron chi connectivity index (χ3n) is 2.95. The van der Waals surface area contributed by atoms with Crippen LogP contribution in [0.1, 0.15) is 12.5 Å². The molecule has 0 aliphatic carbocycles. The third kappa shape index (κ3) is 2.82. The Morgan fingerprint density at radius 1 is 1.22 bits per heavy atom.